The van der Waals surface area contributed by atoms with E-state index >= 15 is 0 Å². The highest BCUT2D eigenvalue weighted by molar-refractivity contribution is 9.10. The van der Waals surface area contributed by atoms with E-state index in [0.29, 0.717) is 11.9 Å². The minimum Gasteiger partial charge on any atom is -0.379 e. The lowest BCUT2D eigenvalue weighted by Gasteiger charge is -2.32. The fourth-order valence-electron chi connectivity index (χ4n) is 3.09. The Hall–Kier alpha value is -0.290. The number of anilines is 1. The molecular weight excluding hydrogens is 340 g/mol. The Morgan fingerprint density at radius 2 is 2.05 bits per heavy atom. The molecule has 3 nitrogen and oxygen atoms in total. The molecule has 2 fully saturated rings. The highest BCUT2D eigenvalue weighted by Gasteiger charge is 2.29. The number of ether oxygens (including phenoxy) is 1. The van der Waals surface area contributed by atoms with Gasteiger partial charge in [0, 0.05) is 42.6 Å². The average Bonchev–Trinajstić information content (AvgIpc) is 2.97. The molecule has 0 aromatic heterocycles. The fraction of sp³-hybridized carbons (Fsp3) is 0.600. The molecule has 0 bridgehead atoms. The largest absolute Gasteiger partial charge is 0.379 e. The first-order valence-electron chi connectivity index (χ1n) is 7.19. The van der Waals surface area contributed by atoms with Gasteiger partial charge in [0.1, 0.15) is 0 Å². The molecule has 2 heterocycles. The van der Waals surface area contributed by atoms with Gasteiger partial charge in [-0.05, 0) is 40.0 Å². The predicted molar refractivity (Wildman–Crippen MR) is 86.7 cm³/mol. The van der Waals surface area contributed by atoms with Crippen molar-refractivity contribution in [3.8, 4) is 0 Å². The van der Waals surface area contributed by atoms with Crippen molar-refractivity contribution < 1.29 is 4.74 Å². The summed E-state index contributed by atoms with van der Waals surface area (Å²) < 4.78 is 6.59. The van der Waals surface area contributed by atoms with Gasteiger partial charge in [-0.1, -0.05) is 6.07 Å². The van der Waals surface area contributed by atoms with E-state index < -0.39 is 0 Å². The first-order valence-corrected chi connectivity index (χ1v) is 8.52. The summed E-state index contributed by atoms with van der Waals surface area (Å²) in [4.78, 5) is 5.05. The lowest BCUT2D eigenvalue weighted by molar-refractivity contribution is 0.0209. The van der Waals surface area contributed by atoms with Gasteiger partial charge < -0.3 is 9.64 Å². The lowest BCUT2D eigenvalue weighted by Crippen LogP contribution is -2.44. The van der Waals surface area contributed by atoms with E-state index in [-0.39, 0.29) is 0 Å². The summed E-state index contributed by atoms with van der Waals surface area (Å²) in [5.41, 5.74) is 2.45. The Morgan fingerprint density at radius 3 is 2.75 bits per heavy atom. The molecule has 0 amide bonds. The predicted octanol–water partition coefficient (Wildman–Crippen LogP) is 3.10. The molecule has 110 valence electrons. The lowest BCUT2D eigenvalue weighted by atomic mass is 10.2. The van der Waals surface area contributed by atoms with Crippen molar-refractivity contribution in [3.05, 3.63) is 28.2 Å². The highest BCUT2D eigenvalue weighted by Crippen LogP contribution is 2.31. The van der Waals surface area contributed by atoms with Crippen molar-refractivity contribution in [1.82, 2.24) is 4.90 Å². The van der Waals surface area contributed by atoms with Crippen LogP contribution in [0.4, 0.5) is 5.69 Å². The summed E-state index contributed by atoms with van der Waals surface area (Å²) in [5, 5.41) is 0. The van der Waals surface area contributed by atoms with Crippen molar-refractivity contribution in [2.45, 2.75) is 18.3 Å². The maximum absolute atomic E-state index is 5.88. The van der Waals surface area contributed by atoms with Gasteiger partial charge in [0.15, 0.2) is 0 Å². The summed E-state index contributed by atoms with van der Waals surface area (Å²) in [6.07, 6.45) is 1.24. The zero-order valence-electron chi connectivity index (χ0n) is 11.5. The van der Waals surface area contributed by atoms with Crippen molar-refractivity contribution in [2.24, 2.45) is 0 Å². The zero-order chi connectivity index (χ0) is 13.9. The monoisotopic (exact) mass is 358 g/mol. The first-order chi connectivity index (χ1) is 9.78. The van der Waals surface area contributed by atoms with Crippen LogP contribution in [0.25, 0.3) is 0 Å². The fourth-order valence-corrected chi connectivity index (χ4v) is 3.93. The van der Waals surface area contributed by atoms with E-state index in [1.807, 2.05) is 0 Å². The topological polar surface area (TPSA) is 15.7 Å². The van der Waals surface area contributed by atoms with E-state index in [1.165, 1.54) is 12.1 Å². The Balaban J connectivity index is 1.67. The van der Waals surface area contributed by atoms with E-state index in [4.69, 9.17) is 16.3 Å². The molecule has 0 radical (unpaired) electrons. The van der Waals surface area contributed by atoms with Crippen LogP contribution >= 0.6 is 27.5 Å². The molecule has 2 aliphatic rings. The normalized spacial score (nSPS) is 24.3. The van der Waals surface area contributed by atoms with Crippen LogP contribution in [-0.4, -0.2) is 50.3 Å². The second-order valence-electron chi connectivity index (χ2n) is 5.46. The summed E-state index contributed by atoms with van der Waals surface area (Å²) in [7, 11) is 0. The summed E-state index contributed by atoms with van der Waals surface area (Å²) in [6.45, 7) is 6.14. The van der Waals surface area contributed by atoms with E-state index in [9.17, 15) is 0 Å². The smallest absolute Gasteiger partial charge is 0.0594 e. The van der Waals surface area contributed by atoms with Crippen LogP contribution in [0, 0.1) is 0 Å². The number of morpholine rings is 1. The number of rotatable bonds is 3. The van der Waals surface area contributed by atoms with Gasteiger partial charge in [-0.3, -0.25) is 4.90 Å². The standard InChI is InChI=1S/C15H20BrClN2O/c16-14-9-12(10-17)1-2-15(14)19-4-3-13(11-19)18-5-7-20-8-6-18/h1-2,9,13H,3-8,10-11H2. The molecule has 2 saturated heterocycles. The minimum atomic E-state index is 0.565. The van der Waals surface area contributed by atoms with Crippen LogP contribution in [0.3, 0.4) is 0 Å². The summed E-state index contributed by atoms with van der Waals surface area (Å²) in [6, 6.07) is 7.10. The number of alkyl halides is 1. The Morgan fingerprint density at radius 1 is 1.25 bits per heavy atom. The summed E-state index contributed by atoms with van der Waals surface area (Å²) >= 11 is 9.56. The number of hydrogen-bond donors (Lipinski definition) is 0. The third kappa shape index (κ3) is 3.14. The maximum atomic E-state index is 5.88. The molecule has 20 heavy (non-hydrogen) atoms. The molecule has 2 aliphatic heterocycles. The SMILES string of the molecule is ClCc1ccc(N2CCC(N3CCOCC3)C2)c(Br)c1. The molecule has 0 aliphatic carbocycles. The van der Waals surface area contributed by atoms with Crippen molar-refractivity contribution >= 4 is 33.2 Å². The third-order valence-corrected chi connectivity index (χ3v) is 5.18. The van der Waals surface area contributed by atoms with Crippen molar-refractivity contribution in [3.63, 3.8) is 0 Å². The first kappa shape index (κ1) is 14.6. The molecule has 3 rings (SSSR count). The van der Waals surface area contributed by atoms with Crippen LogP contribution in [-0.2, 0) is 10.6 Å². The molecule has 0 spiro atoms. The van der Waals surface area contributed by atoms with Gasteiger partial charge in [-0.2, -0.15) is 0 Å². The van der Waals surface area contributed by atoms with Crippen LogP contribution in [0.2, 0.25) is 0 Å². The van der Waals surface area contributed by atoms with Gasteiger partial charge in [0.05, 0.1) is 18.9 Å². The van der Waals surface area contributed by atoms with Gasteiger partial charge >= 0.3 is 0 Å². The van der Waals surface area contributed by atoms with E-state index in [2.05, 4.69) is 43.9 Å². The number of benzene rings is 1. The average molecular weight is 360 g/mol. The van der Waals surface area contributed by atoms with E-state index in [1.54, 1.807) is 0 Å². The van der Waals surface area contributed by atoms with Crippen LogP contribution in [0.5, 0.6) is 0 Å². The minimum absolute atomic E-state index is 0.565. The van der Waals surface area contributed by atoms with Gasteiger partial charge in [-0.25, -0.2) is 0 Å². The molecule has 0 saturated carbocycles. The maximum Gasteiger partial charge on any atom is 0.0594 e. The second kappa shape index (κ2) is 6.65. The Kier molecular flexibility index (Phi) is 4.87. The Bertz CT molecular complexity index is 465. The number of nitrogens with zero attached hydrogens (tertiary/aromatic N) is 2. The van der Waals surface area contributed by atoms with Gasteiger partial charge in [-0.15, -0.1) is 11.6 Å². The molecule has 0 N–H and O–H groups in total. The van der Waals surface area contributed by atoms with Crippen molar-refractivity contribution in [1.29, 1.82) is 0 Å². The summed E-state index contributed by atoms with van der Waals surface area (Å²) in [5.74, 6) is 0.565. The molecule has 1 unspecified atom stereocenters. The number of hydrogen-bond acceptors (Lipinski definition) is 3. The molecule has 5 heteroatoms. The molecule has 1 aromatic rings. The second-order valence-corrected chi connectivity index (χ2v) is 6.58. The molecular formula is C15H20BrClN2O. The zero-order valence-corrected chi connectivity index (χ0v) is 13.9. The van der Waals surface area contributed by atoms with Gasteiger partial charge in [0.2, 0.25) is 0 Å². The molecule has 1 atom stereocenters. The van der Waals surface area contributed by atoms with Crippen molar-refractivity contribution in [2.75, 3.05) is 44.3 Å². The molecule has 1 aromatic carbocycles. The Labute approximate surface area is 134 Å². The highest BCUT2D eigenvalue weighted by atomic mass is 79.9. The third-order valence-electron chi connectivity index (χ3n) is 4.23. The van der Waals surface area contributed by atoms with Crippen LogP contribution in [0.15, 0.2) is 22.7 Å². The quantitative estimate of drug-likeness (QED) is 0.771. The van der Waals surface area contributed by atoms with E-state index in [0.717, 1.165) is 49.4 Å². The number of halogens is 2. The van der Waals surface area contributed by atoms with Crippen LogP contribution < -0.4 is 4.90 Å². The van der Waals surface area contributed by atoms with Gasteiger partial charge in [0.25, 0.3) is 0 Å². The van der Waals surface area contributed by atoms with Crippen LogP contribution in [0.1, 0.15) is 12.0 Å².